The number of fused-ring (bicyclic) bond motifs is 1. The van der Waals surface area contributed by atoms with Crippen LogP contribution in [0.25, 0.3) is 10.8 Å². The smallest absolute Gasteiger partial charge is 0.0903 e. The molecule has 1 fully saturated rings. The van der Waals surface area contributed by atoms with Gasteiger partial charge in [-0.2, -0.15) is 0 Å². The molecule has 3 rings (SSSR count). The minimum atomic E-state index is -0.660. The van der Waals surface area contributed by atoms with Crippen molar-refractivity contribution in [1.29, 1.82) is 0 Å². The summed E-state index contributed by atoms with van der Waals surface area (Å²) in [6.07, 6.45) is 3.79. The first kappa shape index (κ1) is 13.6. The van der Waals surface area contributed by atoms with Gasteiger partial charge in [-0.1, -0.05) is 49.4 Å². The van der Waals surface area contributed by atoms with E-state index in [2.05, 4.69) is 54.7 Å². The van der Waals surface area contributed by atoms with Crippen molar-refractivity contribution >= 4 is 10.8 Å². The zero-order valence-electron chi connectivity index (χ0n) is 12.1. The Morgan fingerprint density at radius 2 is 1.80 bits per heavy atom. The van der Waals surface area contributed by atoms with Crippen LogP contribution in [0.5, 0.6) is 0 Å². The molecule has 20 heavy (non-hydrogen) atoms. The van der Waals surface area contributed by atoms with Crippen molar-refractivity contribution < 1.29 is 5.11 Å². The van der Waals surface area contributed by atoms with Gasteiger partial charge in [0, 0.05) is 6.04 Å². The standard InChI is InChI=1S/C18H23NO/c1-2-19-15-10-12-18(20,13-11-15)17-9-5-7-14-6-3-4-8-16(14)17/h3-9,15,19-20H,2,10-13H2,1H3. The number of benzene rings is 2. The molecule has 0 amide bonds. The van der Waals surface area contributed by atoms with Gasteiger partial charge in [0.15, 0.2) is 0 Å². The van der Waals surface area contributed by atoms with Crippen LogP contribution in [-0.2, 0) is 5.60 Å². The highest BCUT2D eigenvalue weighted by Gasteiger charge is 2.35. The van der Waals surface area contributed by atoms with Gasteiger partial charge in [-0.3, -0.25) is 0 Å². The lowest BCUT2D eigenvalue weighted by Gasteiger charge is -2.37. The highest BCUT2D eigenvalue weighted by atomic mass is 16.3. The van der Waals surface area contributed by atoms with E-state index in [1.807, 2.05) is 0 Å². The number of hydrogen-bond donors (Lipinski definition) is 2. The predicted octanol–water partition coefficient (Wildman–Crippen LogP) is 3.58. The predicted molar refractivity (Wildman–Crippen MR) is 83.8 cm³/mol. The first-order chi connectivity index (χ1) is 9.73. The molecule has 0 saturated heterocycles. The number of nitrogens with one attached hydrogen (secondary N) is 1. The quantitative estimate of drug-likeness (QED) is 0.892. The van der Waals surface area contributed by atoms with Crippen molar-refractivity contribution in [2.75, 3.05) is 6.54 Å². The molecular weight excluding hydrogens is 246 g/mol. The zero-order chi connectivity index (χ0) is 14.0. The Balaban J connectivity index is 1.91. The second-order valence-corrected chi connectivity index (χ2v) is 5.89. The molecule has 1 saturated carbocycles. The molecule has 0 unspecified atom stereocenters. The van der Waals surface area contributed by atoms with E-state index in [0.717, 1.165) is 37.8 Å². The third kappa shape index (κ3) is 2.46. The SMILES string of the molecule is CCNC1CCC(O)(c2cccc3ccccc23)CC1. The van der Waals surface area contributed by atoms with Crippen LogP contribution in [0.1, 0.15) is 38.2 Å². The lowest BCUT2D eigenvalue weighted by Crippen LogP contribution is -2.39. The summed E-state index contributed by atoms with van der Waals surface area (Å²) in [6.45, 7) is 3.16. The number of rotatable bonds is 3. The van der Waals surface area contributed by atoms with Crippen molar-refractivity contribution in [3.8, 4) is 0 Å². The van der Waals surface area contributed by atoms with Crippen molar-refractivity contribution in [1.82, 2.24) is 5.32 Å². The minimum Gasteiger partial charge on any atom is -0.385 e. The van der Waals surface area contributed by atoms with Gasteiger partial charge in [0.2, 0.25) is 0 Å². The maximum Gasteiger partial charge on any atom is 0.0903 e. The van der Waals surface area contributed by atoms with Crippen LogP contribution in [0.2, 0.25) is 0 Å². The molecule has 106 valence electrons. The lowest BCUT2D eigenvalue weighted by atomic mass is 9.76. The molecule has 2 aromatic rings. The Morgan fingerprint density at radius 3 is 2.55 bits per heavy atom. The van der Waals surface area contributed by atoms with Crippen LogP contribution < -0.4 is 5.32 Å². The molecule has 1 aliphatic rings. The fraction of sp³-hybridized carbons (Fsp3) is 0.444. The summed E-state index contributed by atoms with van der Waals surface area (Å²) < 4.78 is 0. The van der Waals surface area contributed by atoms with Crippen molar-refractivity contribution in [3.63, 3.8) is 0 Å². The van der Waals surface area contributed by atoms with Crippen LogP contribution >= 0.6 is 0 Å². The first-order valence-electron chi connectivity index (χ1n) is 7.67. The Hall–Kier alpha value is -1.38. The van der Waals surface area contributed by atoms with E-state index in [-0.39, 0.29) is 0 Å². The lowest BCUT2D eigenvalue weighted by molar-refractivity contribution is -0.00681. The van der Waals surface area contributed by atoms with Gasteiger partial charge in [-0.15, -0.1) is 0 Å². The molecule has 1 aliphatic carbocycles. The Bertz CT molecular complexity index is 579. The van der Waals surface area contributed by atoms with Crippen molar-refractivity contribution in [2.45, 2.75) is 44.2 Å². The van der Waals surface area contributed by atoms with Gasteiger partial charge < -0.3 is 10.4 Å². The molecular formula is C18H23NO. The summed E-state index contributed by atoms with van der Waals surface area (Å²) in [5.41, 5.74) is 0.442. The largest absolute Gasteiger partial charge is 0.385 e. The molecule has 0 heterocycles. The molecule has 2 nitrogen and oxygen atoms in total. The van der Waals surface area contributed by atoms with E-state index in [0.29, 0.717) is 6.04 Å². The first-order valence-corrected chi connectivity index (χ1v) is 7.67. The van der Waals surface area contributed by atoms with E-state index < -0.39 is 5.60 Å². The van der Waals surface area contributed by atoms with Gasteiger partial charge in [-0.25, -0.2) is 0 Å². The second kappa shape index (κ2) is 5.55. The Labute approximate surface area is 120 Å². The van der Waals surface area contributed by atoms with Crippen LogP contribution in [0.3, 0.4) is 0 Å². The summed E-state index contributed by atoms with van der Waals surface area (Å²) in [4.78, 5) is 0. The number of aliphatic hydroxyl groups is 1. The molecule has 0 aliphatic heterocycles. The Morgan fingerprint density at radius 1 is 1.10 bits per heavy atom. The van der Waals surface area contributed by atoms with Crippen LogP contribution in [0, 0.1) is 0 Å². The third-order valence-corrected chi connectivity index (χ3v) is 4.60. The average molecular weight is 269 g/mol. The second-order valence-electron chi connectivity index (χ2n) is 5.89. The average Bonchev–Trinajstić information content (AvgIpc) is 2.49. The molecule has 2 heteroatoms. The molecule has 0 aromatic heterocycles. The normalized spacial score (nSPS) is 26.8. The molecule has 2 aromatic carbocycles. The summed E-state index contributed by atoms with van der Waals surface area (Å²) >= 11 is 0. The van der Waals surface area contributed by atoms with E-state index in [9.17, 15) is 5.11 Å². The summed E-state index contributed by atoms with van der Waals surface area (Å²) in [5, 5.41) is 17.0. The molecule has 0 atom stereocenters. The van der Waals surface area contributed by atoms with Gasteiger partial charge in [0.1, 0.15) is 0 Å². The molecule has 0 bridgehead atoms. The minimum absolute atomic E-state index is 0.565. The van der Waals surface area contributed by atoms with Crippen molar-refractivity contribution in [2.24, 2.45) is 0 Å². The number of hydrogen-bond acceptors (Lipinski definition) is 2. The van der Waals surface area contributed by atoms with Crippen LogP contribution in [0.15, 0.2) is 42.5 Å². The monoisotopic (exact) mass is 269 g/mol. The highest BCUT2D eigenvalue weighted by molar-refractivity contribution is 5.86. The van der Waals surface area contributed by atoms with Gasteiger partial charge in [0.05, 0.1) is 5.60 Å². The van der Waals surface area contributed by atoms with E-state index in [1.165, 1.54) is 10.8 Å². The van der Waals surface area contributed by atoms with E-state index in [4.69, 9.17) is 0 Å². The highest BCUT2D eigenvalue weighted by Crippen LogP contribution is 2.40. The van der Waals surface area contributed by atoms with E-state index in [1.54, 1.807) is 0 Å². The van der Waals surface area contributed by atoms with Gasteiger partial charge >= 0.3 is 0 Å². The summed E-state index contributed by atoms with van der Waals surface area (Å²) in [5.74, 6) is 0. The van der Waals surface area contributed by atoms with Gasteiger partial charge in [0.25, 0.3) is 0 Å². The molecule has 2 N–H and O–H groups in total. The molecule has 0 radical (unpaired) electrons. The van der Waals surface area contributed by atoms with Crippen LogP contribution in [0.4, 0.5) is 0 Å². The summed E-state index contributed by atoms with van der Waals surface area (Å²) in [7, 11) is 0. The van der Waals surface area contributed by atoms with Gasteiger partial charge in [-0.05, 0) is 48.6 Å². The fourth-order valence-electron chi connectivity index (χ4n) is 3.49. The fourth-order valence-corrected chi connectivity index (χ4v) is 3.49. The maximum atomic E-state index is 11.1. The van der Waals surface area contributed by atoms with Crippen LogP contribution in [-0.4, -0.2) is 17.7 Å². The zero-order valence-corrected chi connectivity index (χ0v) is 12.1. The summed E-state index contributed by atoms with van der Waals surface area (Å²) in [6, 6.07) is 15.2. The van der Waals surface area contributed by atoms with Crippen molar-refractivity contribution in [3.05, 3.63) is 48.0 Å². The topological polar surface area (TPSA) is 32.3 Å². The van der Waals surface area contributed by atoms with E-state index >= 15 is 0 Å². The molecule has 0 spiro atoms. The Kier molecular flexibility index (Phi) is 3.77. The third-order valence-electron chi connectivity index (χ3n) is 4.60. The maximum absolute atomic E-state index is 11.1.